The minimum Gasteiger partial charge on any atom is -0.381 e. The molecule has 2 atom stereocenters. The molecule has 0 spiro atoms. The fourth-order valence-electron chi connectivity index (χ4n) is 5.53. The number of Topliss-reactive ketones (excluding diaryl/α,β-unsaturated/α-hetero) is 1. The number of hydrogen-bond donors (Lipinski definition) is 0. The Morgan fingerprint density at radius 2 is 1.77 bits per heavy atom. The largest absolute Gasteiger partial charge is 0.381 e. The molecule has 172 valence electrons. The van der Waals surface area contributed by atoms with E-state index in [4.69, 9.17) is 4.74 Å². The number of carbonyl (C=O) groups is 1. The van der Waals surface area contributed by atoms with Crippen LogP contribution in [0.3, 0.4) is 0 Å². The lowest BCUT2D eigenvalue weighted by atomic mass is 9.91. The molecule has 0 aromatic heterocycles. The fraction of sp³-hybridized carbons (Fsp3) is 0.731. The maximum Gasteiger partial charge on any atom is 0.159 e. The highest BCUT2D eigenvalue weighted by Crippen LogP contribution is 2.26. The number of piperidine rings is 2. The Labute approximate surface area is 188 Å². The van der Waals surface area contributed by atoms with Gasteiger partial charge in [-0.1, -0.05) is 30.7 Å². The van der Waals surface area contributed by atoms with E-state index < -0.39 is 0 Å². The third-order valence-corrected chi connectivity index (χ3v) is 7.42. The number of ketones is 1. The normalized spacial score (nSPS) is 26.0. The summed E-state index contributed by atoms with van der Waals surface area (Å²) < 4.78 is 6.08. The number of piperazine rings is 1. The summed E-state index contributed by atoms with van der Waals surface area (Å²) in [6.07, 6.45) is 7.95. The minimum absolute atomic E-state index is 0.142. The zero-order chi connectivity index (χ0) is 21.5. The van der Waals surface area contributed by atoms with E-state index in [0.29, 0.717) is 12.0 Å². The summed E-state index contributed by atoms with van der Waals surface area (Å²) in [5.41, 5.74) is 2.12. The Morgan fingerprint density at radius 3 is 2.55 bits per heavy atom. The van der Waals surface area contributed by atoms with Crippen LogP contribution in [0.15, 0.2) is 24.3 Å². The molecule has 5 heteroatoms. The first-order valence-electron chi connectivity index (χ1n) is 12.5. The highest BCUT2D eigenvalue weighted by atomic mass is 16.5. The van der Waals surface area contributed by atoms with E-state index in [9.17, 15) is 4.79 Å². The lowest BCUT2D eigenvalue weighted by Crippen LogP contribution is -2.56. The summed E-state index contributed by atoms with van der Waals surface area (Å²) in [6, 6.07) is 8.85. The molecule has 0 amide bonds. The van der Waals surface area contributed by atoms with Gasteiger partial charge in [0.25, 0.3) is 0 Å². The van der Waals surface area contributed by atoms with Crippen LogP contribution in [-0.2, 0) is 11.3 Å². The quantitative estimate of drug-likeness (QED) is 0.444. The molecule has 0 N–H and O–H groups in total. The Bertz CT molecular complexity index is 686. The molecule has 1 aromatic rings. The first kappa shape index (κ1) is 22.9. The Hall–Kier alpha value is -1.27. The molecule has 3 aliphatic heterocycles. The van der Waals surface area contributed by atoms with Crippen LogP contribution in [0.2, 0.25) is 0 Å². The number of rotatable bonds is 9. The lowest BCUT2D eigenvalue weighted by molar-refractivity contribution is -0.00316. The summed E-state index contributed by atoms with van der Waals surface area (Å²) in [5.74, 6) is 0.847. The van der Waals surface area contributed by atoms with Crippen LogP contribution in [0.25, 0.3) is 0 Å². The second kappa shape index (κ2) is 11.6. The second-order valence-electron chi connectivity index (χ2n) is 9.91. The van der Waals surface area contributed by atoms with Crippen molar-refractivity contribution in [2.75, 3.05) is 59.0 Å². The van der Waals surface area contributed by atoms with Gasteiger partial charge in [-0.3, -0.25) is 14.6 Å². The first-order chi connectivity index (χ1) is 15.2. The van der Waals surface area contributed by atoms with Crippen molar-refractivity contribution in [3.05, 3.63) is 35.4 Å². The van der Waals surface area contributed by atoms with Crippen LogP contribution in [0, 0.1) is 5.92 Å². The van der Waals surface area contributed by atoms with Gasteiger partial charge in [-0.05, 0) is 63.6 Å². The van der Waals surface area contributed by atoms with Crippen LogP contribution in [0.5, 0.6) is 0 Å². The van der Waals surface area contributed by atoms with Crippen molar-refractivity contribution >= 4 is 5.78 Å². The van der Waals surface area contributed by atoms with Gasteiger partial charge >= 0.3 is 0 Å². The maximum absolute atomic E-state index is 11.5. The van der Waals surface area contributed by atoms with Crippen molar-refractivity contribution in [1.82, 2.24) is 14.7 Å². The van der Waals surface area contributed by atoms with Gasteiger partial charge in [0.1, 0.15) is 0 Å². The van der Waals surface area contributed by atoms with E-state index in [-0.39, 0.29) is 5.78 Å². The topological polar surface area (TPSA) is 36.0 Å². The summed E-state index contributed by atoms with van der Waals surface area (Å²) in [5, 5.41) is 0. The summed E-state index contributed by atoms with van der Waals surface area (Å²) >= 11 is 0. The SMILES string of the molecule is CC(=O)c1ccc(CN2CCN3C[C@H](COCCCN4CCCCC4)CC[C@@H]3C2)cc1. The van der Waals surface area contributed by atoms with Crippen LogP contribution >= 0.6 is 0 Å². The average Bonchev–Trinajstić information content (AvgIpc) is 2.80. The predicted molar refractivity (Wildman–Crippen MR) is 126 cm³/mol. The van der Waals surface area contributed by atoms with Crippen LogP contribution < -0.4 is 0 Å². The van der Waals surface area contributed by atoms with Crippen molar-refractivity contribution in [3.63, 3.8) is 0 Å². The Balaban J connectivity index is 1.12. The van der Waals surface area contributed by atoms with E-state index in [1.54, 1.807) is 6.92 Å². The van der Waals surface area contributed by atoms with Crippen LogP contribution in [0.1, 0.15) is 61.4 Å². The van der Waals surface area contributed by atoms with E-state index in [1.165, 1.54) is 76.8 Å². The molecule has 3 aliphatic rings. The third kappa shape index (κ3) is 6.85. The molecule has 0 unspecified atom stereocenters. The number of likely N-dealkylation sites (tertiary alicyclic amines) is 1. The van der Waals surface area contributed by atoms with Crippen molar-refractivity contribution in [2.45, 2.75) is 58.0 Å². The lowest BCUT2D eigenvalue weighted by Gasteiger charge is -2.46. The standard InChI is InChI=1S/C26H41N3O2/c1-22(30)25-9-6-23(7-10-25)18-28-15-16-29-19-24(8-11-26(29)20-28)21-31-17-5-14-27-12-3-2-4-13-27/h6-7,9-10,24,26H,2-5,8,11-21H2,1H3/t24-,26-/m1/s1. The van der Waals surface area contributed by atoms with Crippen LogP contribution in [-0.4, -0.2) is 85.6 Å². The highest BCUT2D eigenvalue weighted by molar-refractivity contribution is 5.93. The van der Waals surface area contributed by atoms with Crippen molar-refractivity contribution in [2.24, 2.45) is 5.92 Å². The monoisotopic (exact) mass is 427 g/mol. The van der Waals surface area contributed by atoms with Gasteiger partial charge in [0.2, 0.25) is 0 Å². The van der Waals surface area contributed by atoms with Crippen molar-refractivity contribution < 1.29 is 9.53 Å². The number of benzene rings is 1. The Kier molecular flexibility index (Phi) is 8.54. The maximum atomic E-state index is 11.5. The van der Waals surface area contributed by atoms with E-state index in [0.717, 1.165) is 38.4 Å². The molecule has 1 aromatic carbocycles. The van der Waals surface area contributed by atoms with Gasteiger partial charge in [0.05, 0.1) is 6.61 Å². The van der Waals surface area contributed by atoms with Gasteiger partial charge in [-0.15, -0.1) is 0 Å². The summed E-state index contributed by atoms with van der Waals surface area (Å²) in [4.78, 5) is 19.4. The molecular weight excluding hydrogens is 386 g/mol. The van der Waals surface area contributed by atoms with Crippen LogP contribution in [0.4, 0.5) is 0 Å². The Morgan fingerprint density at radius 1 is 0.968 bits per heavy atom. The molecule has 5 nitrogen and oxygen atoms in total. The molecule has 0 aliphatic carbocycles. The smallest absolute Gasteiger partial charge is 0.159 e. The zero-order valence-electron chi connectivity index (χ0n) is 19.4. The van der Waals surface area contributed by atoms with E-state index in [2.05, 4.69) is 26.8 Å². The molecule has 3 fully saturated rings. The molecule has 3 heterocycles. The molecule has 0 saturated carbocycles. The molecule has 0 radical (unpaired) electrons. The molecule has 3 saturated heterocycles. The average molecular weight is 428 g/mol. The van der Waals surface area contributed by atoms with Gasteiger partial charge in [-0.2, -0.15) is 0 Å². The molecular formula is C26H41N3O2. The summed E-state index contributed by atoms with van der Waals surface area (Å²) in [6.45, 7) is 13.0. The number of nitrogens with zero attached hydrogens (tertiary/aromatic N) is 3. The molecule has 4 rings (SSSR count). The zero-order valence-corrected chi connectivity index (χ0v) is 19.4. The highest BCUT2D eigenvalue weighted by Gasteiger charge is 2.32. The molecule has 0 bridgehead atoms. The van der Waals surface area contributed by atoms with Gasteiger partial charge in [-0.25, -0.2) is 0 Å². The van der Waals surface area contributed by atoms with E-state index in [1.807, 2.05) is 12.1 Å². The van der Waals surface area contributed by atoms with E-state index >= 15 is 0 Å². The van der Waals surface area contributed by atoms with Gasteiger partial charge in [0.15, 0.2) is 5.78 Å². The van der Waals surface area contributed by atoms with Crippen molar-refractivity contribution in [1.29, 1.82) is 0 Å². The number of ether oxygens (including phenoxy) is 1. The van der Waals surface area contributed by atoms with Gasteiger partial charge < -0.3 is 9.64 Å². The van der Waals surface area contributed by atoms with Crippen molar-refractivity contribution in [3.8, 4) is 0 Å². The third-order valence-electron chi connectivity index (χ3n) is 7.42. The fourth-order valence-corrected chi connectivity index (χ4v) is 5.53. The molecule has 31 heavy (non-hydrogen) atoms. The minimum atomic E-state index is 0.142. The second-order valence-corrected chi connectivity index (χ2v) is 9.91. The summed E-state index contributed by atoms with van der Waals surface area (Å²) in [7, 11) is 0. The first-order valence-corrected chi connectivity index (χ1v) is 12.5. The predicted octanol–water partition coefficient (Wildman–Crippen LogP) is 3.68. The number of fused-ring (bicyclic) bond motifs is 1. The number of hydrogen-bond acceptors (Lipinski definition) is 5. The van der Waals surface area contributed by atoms with Gasteiger partial charge in [0, 0.05) is 57.5 Å². The number of carbonyl (C=O) groups excluding carboxylic acids is 1.